The Hall–Kier alpha value is -3.74. The summed E-state index contributed by atoms with van der Waals surface area (Å²) in [6.45, 7) is 0.356. The monoisotopic (exact) mass is 393 g/mol. The molecule has 7 heteroatoms. The van der Waals surface area contributed by atoms with Gasteiger partial charge in [-0.2, -0.15) is 0 Å². The highest BCUT2D eigenvalue weighted by molar-refractivity contribution is 5.94. The van der Waals surface area contributed by atoms with Gasteiger partial charge in [-0.15, -0.1) is 0 Å². The van der Waals surface area contributed by atoms with Crippen molar-refractivity contribution < 1.29 is 19.0 Å². The Morgan fingerprint density at radius 1 is 0.862 bits per heavy atom. The highest BCUT2D eigenvalue weighted by Crippen LogP contribution is 2.27. The second kappa shape index (κ2) is 9.45. The van der Waals surface area contributed by atoms with Gasteiger partial charge < -0.3 is 24.8 Å². The molecule has 0 atom stereocenters. The summed E-state index contributed by atoms with van der Waals surface area (Å²) in [7, 11) is 4.78. The van der Waals surface area contributed by atoms with Crippen LogP contribution in [0.5, 0.6) is 17.2 Å². The summed E-state index contributed by atoms with van der Waals surface area (Å²) in [6, 6.07) is 14.8. The van der Waals surface area contributed by atoms with Gasteiger partial charge in [0.2, 0.25) is 0 Å². The predicted octanol–water partition coefficient (Wildman–Crippen LogP) is 3.78. The standard InChI is InChI=1S/C22H23N3O4/c1-27-19-7-5-17(6-8-19)25-18-11-16(13-23-14-18)22(26)24-12-15-4-9-20(28-2)21(10-15)29-3/h4-11,13-14,25H,12H2,1-3H3,(H,24,26). The van der Waals surface area contributed by atoms with E-state index >= 15 is 0 Å². The number of ether oxygens (including phenoxy) is 3. The zero-order valence-corrected chi connectivity index (χ0v) is 16.6. The van der Waals surface area contributed by atoms with Crippen LogP contribution in [0.25, 0.3) is 0 Å². The number of methoxy groups -OCH3 is 3. The number of rotatable bonds is 8. The molecule has 0 bridgehead atoms. The van der Waals surface area contributed by atoms with E-state index in [1.54, 1.807) is 39.7 Å². The smallest absolute Gasteiger partial charge is 0.253 e. The fourth-order valence-corrected chi connectivity index (χ4v) is 2.75. The lowest BCUT2D eigenvalue weighted by Crippen LogP contribution is -2.23. The number of carbonyl (C=O) groups excluding carboxylic acids is 1. The highest BCUT2D eigenvalue weighted by atomic mass is 16.5. The Morgan fingerprint density at radius 2 is 1.62 bits per heavy atom. The predicted molar refractivity (Wildman–Crippen MR) is 111 cm³/mol. The molecule has 0 fully saturated rings. The van der Waals surface area contributed by atoms with Crippen molar-refractivity contribution >= 4 is 17.3 Å². The van der Waals surface area contributed by atoms with Crippen LogP contribution in [0.1, 0.15) is 15.9 Å². The number of aromatic nitrogens is 1. The molecule has 0 unspecified atom stereocenters. The molecule has 2 aromatic carbocycles. The maximum atomic E-state index is 12.5. The van der Waals surface area contributed by atoms with Crippen LogP contribution in [-0.2, 0) is 6.54 Å². The van der Waals surface area contributed by atoms with Crippen molar-refractivity contribution in [3.05, 3.63) is 72.1 Å². The molecular weight excluding hydrogens is 370 g/mol. The van der Waals surface area contributed by atoms with E-state index in [9.17, 15) is 4.79 Å². The Morgan fingerprint density at radius 3 is 2.31 bits per heavy atom. The van der Waals surface area contributed by atoms with Crippen molar-refractivity contribution in [2.24, 2.45) is 0 Å². The van der Waals surface area contributed by atoms with Crippen molar-refractivity contribution in [2.45, 2.75) is 6.54 Å². The molecule has 1 amide bonds. The van der Waals surface area contributed by atoms with Gasteiger partial charge in [0.05, 0.1) is 38.8 Å². The first-order valence-corrected chi connectivity index (χ1v) is 8.98. The van der Waals surface area contributed by atoms with E-state index in [-0.39, 0.29) is 5.91 Å². The Kier molecular flexibility index (Phi) is 6.52. The minimum absolute atomic E-state index is 0.217. The Bertz CT molecular complexity index is 974. The summed E-state index contributed by atoms with van der Waals surface area (Å²) in [5.74, 6) is 1.82. The number of hydrogen-bond donors (Lipinski definition) is 2. The maximum Gasteiger partial charge on any atom is 0.253 e. The van der Waals surface area contributed by atoms with Crippen molar-refractivity contribution in [3.63, 3.8) is 0 Å². The van der Waals surface area contributed by atoms with Crippen LogP contribution in [0.2, 0.25) is 0 Å². The van der Waals surface area contributed by atoms with Crippen LogP contribution in [-0.4, -0.2) is 32.2 Å². The molecule has 1 aromatic heterocycles. The van der Waals surface area contributed by atoms with Gasteiger partial charge in [-0.25, -0.2) is 0 Å². The summed E-state index contributed by atoms with van der Waals surface area (Å²) < 4.78 is 15.7. The van der Waals surface area contributed by atoms with Gasteiger partial charge in [0.1, 0.15) is 5.75 Å². The van der Waals surface area contributed by atoms with E-state index in [2.05, 4.69) is 15.6 Å². The molecule has 0 radical (unpaired) electrons. The minimum atomic E-state index is -0.217. The lowest BCUT2D eigenvalue weighted by Gasteiger charge is -2.11. The SMILES string of the molecule is COc1ccc(Nc2cncc(C(=O)NCc3ccc(OC)c(OC)c3)c2)cc1. The fraction of sp³-hybridized carbons (Fsp3) is 0.182. The topological polar surface area (TPSA) is 81.7 Å². The highest BCUT2D eigenvalue weighted by Gasteiger charge is 2.09. The van der Waals surface area contributed by atoms with Crippen LogP contribution >= 0.6 is 0 Å². The number of pyridine rings is 1. The number of amides is 1. The Labute approximate surface area is 169 Å². The molecule has 2 N–H and O–H groups in total. The number of nitrogens with one attached hydrogen (secondary N) is 2. The van der Waals surface area contributed by atoms with Crippen LogP contribution < -0.4 is 24.8 Å². The summed E-state index contributed by atoms with van der Waals surface area (Å²) in [4.78, 5) is 16.7. The molecule has 150 valence electrons. The van der Waals surface area contributed by atoms with Gasteiger partial charge in [-0.05, 0) is 48.0 Å². The van der Waals surface area contributed by atoms with E-state index in [4.69, 9.17) is 14.2 Å². The van der Waals surface area contributed by atoms with Crippen LogP contribution in [0.3, 0.4) is 0 Å². The molecule has 7 nitrogen and oxygen atoms in total. The summed E-state index contributed by atoms with van der Waals surface area (Å²) in [5, 5.41) is 6.11. The van der Waals surface area contributed by atoms with Crippen LogP contribution in [0.15, 0.2) is 60.9 Å². The maximum absolute atomic E-state index is 12.5. The second-order valence-electron chi connectivity index (χ2n) is 6.19. The molecule has 1 heterocycles. The summed E-state index contributed by atoms with van der Waals surface area (Å²) in [6.07, 6.45) is 3.19. The van der Waals surface area contributed by atoms with Gasteiger partial charge in [-0.3, -0.25) is 9.78 Å². The van der Waals surface area contributed by atoms with Gasteiger partial charge >= 0.3 is 0 Å². The zero-order valence-electron chi connectivity index (χ0n) is 16.6. The van der Waals surface area contributed by atoms with Gasteiger partial charge in [0.15, 0.2) is 11.5 Å². The molecule has 0 saturated heterocycles. The van der Waals surface area contributed by atoms with Gasteiger partial charge in [0.25, 0.3) is 5.91 Å². The summed E-state index contributed by atoms with van der Waals surface area (Å²) in [5.41, 5.74) is 2.95. The number of anilines is 2. The molecule has 0 aliphatic heterocycles. The zero-order chi connectivity index (χ0) is 20.6. The first-order chi connectivity index (χ1) is 14.1. The number of hydrogen-bond acceptors (Lipinski definition) is 6. The molecule has 0 spiro atoms. The third kappa shape index (κ3) is 5.16. The molecule has 29 heavy (non-hydrogen) atoms. The first kappa shape index (κ1) is 20.0. The third-order valence-corrected chi connectivity index (χ3v) is 4.28. The van der Waals surface area contributed by atoms with E-state index < -0.39 is 0 Å². The van der Waals surface area contributed by atoms with Crippen molar-refractivity contribution in [2.75, 3.05) is 26.6 Å². The van der Waals surface area contributed by atoms with Crippen molar-refractivity contribution in [3.8, 4) is 17.2 Å². The number of nitrogens with zero attached hydrogens (tertiary/aromatic N) is 1. The fourth-order valence-electron chi connectivity index (χ4n) is 2.75. The van der Waals surface area contributed by atoms with Gasteiger partial charge in [0, 0.05) is 18.4 Å². The number of carbonyl (C=O) groups is 1. The number of benzene rings is 2. The van der Waals surface area contributed by atoms with Crippen molar-refractivity contribution in [1.82, 2.24) is 10.3 Å². The molecule has 0 aliphatic rings. The average Bonchev–Trinajstić information content (AvgIpc) is 2.78. The van der Waals surface area contributed by atoms with Crippen molar-refractivity contribution in [1.29, 1.82) is 0 Å². The van der Waals surface area contributed by atoms with E-state index in [0.29, 0.717) is 29.3 Å². The Balaban J connectivity index is 1.64. The quantitative estimate of drug-likeness (QED) is 0.606. The lowest BCUT2D eigenvalue weighted by atomic mass is 10.2. The summed E-state index contributed by atoms with van der Waals surface area (Å²) >= 11 is 0. The molecule has 3 rings (SSSR count). The molecule has 0 saturated carbocycles. The average molecular weight is 393 g/mol. The second-order valence-corrected chi connectivity index (χ2v) is 6.19. The normalized spacial score (nSPS) is 10.2. The van der Waals surface area contributed by atoms with E-state index in [0.717, 1.165) is 17.0 Å². The lowest BCUT2D eigenvalue weighted by molar-refractivity contribution is 0.0950. The van der Waals surface area contributed by atoms with E-state index in [1.807, 2.05) is 36.4 Å². The first-order valence-electron chi connectivity index (χ1n) is 8.98. The molecular formula is C22H23N3O4. The molecule has 3 aromatic rings. The third-order valence-electron chi connectivity index (χ3n) is 4.28. The minimum Gasteiger partial charge on any atom is -0.497 e. The molecule has 0 aliphatic carbocycles. The van der Waals surface area contributed by atoms with Crippen LogP contribution in [0, 0.1) is 0 Å². The van der Waals surface area contributed by atoms with E-state index in [1.165, 1.54) is 6.20 Å². The largest absolute Gasteiger partial charge is 0.497 e. The van der Waals surface area contributed by atoms with Crippen LogP contribution in [0.4, 0.5) is 11.4 Å². The van der Waals surface area contributed by atoms with Gasteiger partial charge in [-0.1, -0.05) is 6.07 Å².